The predicted octanol–water partition coefficient (Wildman–Crippen LogP) is 5.29. The van der Waals surface area contributed by atoms with Crippen LogP contribution in [0.5, 0.6) is 5.75 Å². The van der Waals surface area contributed by atoms with E-state index in [0.29, 0.717) is 23.1 Å². The zero-order valence-electron chi connectivity index (χ0n) is 21.7. The van der Waals surface area contributed by atoms with Crippen molar-refractivity contribution in [2.75, 3.05) is 25.1 Å². The van der Waals surface area contributed by atoms with E-state index in [2.05, 4.69) is 15.9 Å². The molecule has 4 aromatic rings. The Balaban J connectivity index is 0.00000130. The number of pyridine rings is 2. The van der Waals surface area contributed by atoms with E-state index in [-0.39, 0.29) is 6.71 Å². The number of aryl methyl sites for hydroxylation is 2. The molecule has 8 nitrogen and oxygen atoms in total. The van der Waals surface area contributed by atoms with Gasteiger partial charge in [-0.3, -0.25) is 4.98 Å². The molecule has 0 radical (unpaired) electrons. The largest absolute Gasteiger partial charge is 0.492 e. The maximum Gasteiger partial charge on any atom is 0.275 e. The van der Waals surface area contributed by atoms with E-state index in [1.807, 2.05) is 62.7 Å². The Kier molecular flexibility index (Phi) is 6.52. The van der Waals surface area contributed by atoms with Gasteiger partial charge in [-0.1, -0.05) is 26.7 Å². The van der Waals surface area contributed by atoms with Gasteiger partial charge in [0.2, 0.25) is 0 Å². The highest BCUT2D eigenvalue weighted by molar-refractivity contribution is 6.70. The van der Waals surface area contributed by atoms with E-state index in [9.17, 15) is 5.26 Å². The molecule has 1 saturated carbocycles. The van der Waals surface area contributed by atoms with Crippen molar-refractivity contribution in [3.05, 3.63) is 41.9 Å². The lowest BCUT2D eigenvalue weighted by molar-refractivity contribution is 0.420. The topological polar surface area (TPSA) is 92.2 Å². The van der Waals surface area contributed by atoms with Crippen molar-refractivity contribution in [1.29, 1.82) is 5.26 Å². The lowest BCUT2D eigenvalue weighted by Gasteiger charge is -2.18. The summed E-state index contributed by atoms with van der Waals surface area (Å²) in [5, 5.41) is 14.4. The van der Waals surface area contributed by atoms with Crippen LogP contribution in [0.3, 0.4) is 0 Å². The third kappa shape index (κ3) is 4.25. The Hall–Kier alpha value is -3.67. The van der Waals surface area contributed by atoms with E-state index < -0.39 is 0 Å². The number of hydrogen-bond donors (Lipinski definition) is 0. The molecule has 1 unspecified atom stereocenters. The fourth-order valence-electron chi connectivity index (χ4n) is 5.37. The standard InChI is InChI=1S/C25H26BN7O.C2H6/c1-15-12-33-24(16(2)28-15)25(34-3)23(31-33)21-7-6-20-19(29-21)8-9-22(30-20)32-11-10-18(13-32)26(14-27)17-4-5-17;1-2/h6-9,12,17-18H,4-5,10-11,13H2,1-3H3;1-2H3. The number of aromatic nitrogens is 5. The number of rotatable bonds is 5. The van der Waals surface area contributed by atoms with Gasteiger partial charge >= 0.3 is 0 Å². The van der Waals surface area contributed by atoms with Crippen LogP contribution in [0.2, 0.25) is 11.6 Å². The monoisotopic (exact) mass is 481 g/mol. The van der Waals surface area contributed by atoms with Gasteiger partial charge in [0.15, 0.2) is 11.4 Å². The molecule has 184 valence electrons. The van der Waals surface area contributed by atoms with Crippen LogP contribution >= 0.6 is 0 Å². The zero-order valence-corrected chi connectivity index (χ0v) is 21.7. The Labute approximate surface area is 212 Å². The highest BCUT2D eigenvalue weighted by Gasteiger charge is 2.43. The molecule has 6 rings (SSSR count). The molecule has 1 atom stereocenters. The summed E-state index contributed by atoms with van der Waals surface area (Å²) in [7, 11) is 1.65. The molecule has 9 heteroatoms. The van der Waals surface area contributed by atoms with Crippen LogP contribution in [0.15, 0.2) is 30.5 Å². The first-order chi connectivity index (χ1) is 17.6. The summed E-state index contributed by atoms with van der Waals surface area (Å²) in [4.78, 5) is 16.6. The van der Waals surface area contributed by atoms with Crippen LogP contribution in [-0.2, 0) is 0 Å². The van der Waals surface area contributed by atoms with Gasteiger partial charge < -0.3 is 9.64 Å². The molecule has 0 bridgehead atoms. The van der Waals surface area contributed by atoms with Gasteiger partial charge in [-0.05, 0) is 56.2 Å². The molecule has 5 heterocycles. The van der Waals surface area contributed by atoms with Crippen molar-refractivity contribution in [1.82, 2.24) is 24.6 Å². The first-order valence-corrected chi connectivity index (χ1v) is 12.9. The predicted molar refractivity (Wildman–Crippen MR) is 144 cm³/mol. The molecule has 1 aliphatic heterocycles. The molecule has 0 spiro atoms. The van der Waals surface area contributed by atoms with Gasteiger partial charge in [0.25, 0.3) is 6.71 Å². The molecule has 1 aliphatic carbocycles. The van der Waals surface area contributed by atoms with Crippen LogP contribution in [0.25, 0.3) is 27.9 Å². The molecule has 36 heavy (non-hydrogen) atoms. The Bertz CT molecular complexity index is 1460. The van der Waals surface area contributed by atoms with Crippen molar-refractivity contribution < 1.29 is 4.74 Å². The summed E-state index contributed by atoms with van der Waals surface area (Å²) in [5.74, 6) is 5.26. The lowest BCUT2D eigenvalue weighted by Crippen LogP contribution is -2.25. The minimum atomic E-state index is 0.192. The van der Waals surface area contributed by atoms with Crippen molar-refractivity contribution >= 4 is 29.1 Å². The maximum absolute atomic E-state index is 9.62. The van der Waals surface area contributed by atoms with Gasteiger partial charge in [-0.2, -0.15) is 5.10 Å². The Morgan fingerprint density at radius 2 is 1.75 bits per heavy atom. The highest BCUT2D eigenvalue weighted by Crippen LogP contribution is 2.45. The minimum absolute atomic E-state index is 0.192. The normalized spacial score (nSPS) is 17.1. The van der Waals surface area contributed by atoms with Crippen molar-refractivity contribution in [2.24, 2.45) is 0 Å². The highest BCUT2D eigenvalue weighted by atomic mass is 16.5. The summed E-state index contributed by atoms with van der Waals surface area (Å²) in [6, 6.07) is 8.01. The number of fused-ring (bicyclic) bond motifs is 2. The average Bonchev–Trinajstić information content (AvgIpc) is 3.48. The van der Waals surface area contributed by atoms with E-state index >= 15 is 0 Å². The smallest absolute Gasteiger partial charge is 0.275 e. The average molecular weight is 481 g/mol. The molecule has 0 amide bonds. The fourth-order valence-corrected chi connectivity index (χ4v) is 5.37. The summed E-state index contributed by atoms with van der Waals surface area (Å²) >= 11 is 0. The number of nitriles is 1. The second-order valence-corrected chi connectivity index (χ2v) is 9.53. The number of methoxy groups -OCH3 is 1. The molecule has 2 aliphatic rings. The van der Waals surface area contributed by atoms with Gasteiger partial charge in [-0.25, -0.2) is 19.7 Å². The van der Waals surface area contributed by atoms with Crippen molar-refractivity contribution in [3.63, 3.8) is 0 Å². The zero-order chi connectivity index (χ0) is 25.4. The molecular weight excluding hydrogens is 449 g/mol. The summed E-state index contributed by atoms with van der Waals surface area (Å²) in [5.41, 5.74) is 5.70. The molecule has 1 saturated heterocycles. The number of anilines is 1. The maximum atomic E-state index is 9.62. The van der Waals surface area contributed by atoms with E-state index in [1.165, 1.54) is 12.8 Å². The minimum Gasteiger partial charge on any atom is -0.492 e. The van der Waals surface area contributed by atoms with E-state index in [1.54, 1.807) is 7.11 Å². The first kappa shape index (κ1) is 24.0. The second kappa shape index (κ2) is 9.77. The lowest BCUT2D eigenvalue weighted by atomic mass is 9.38. The molecular formula is C27H32BN7O. The first-order valence-electron chi connectivity index (χ1n) is 12.9. The number of ether oxygens (including phenoxy) is 1. The van der Waals surface area contributed by atoms with E-state index in [4.69, 9.17) is 19.8 Å². The quantitative estimate of drug-likeness (QED) is 0.358. The van der Waals surface area contributed by atoms with Gasteiger partial charge in [0.05, 0.1) is 41.4 Å². The summed E-state index contributed by atoms with van der Waals surface area (Å²) in [6.45, 7) is 9.96. The van der Waals surface area contributed by atoms with Crippen molar-refractivity contribution in [3.8, 4) is 23.1 Å². The van der Waals surface area contributed by atoms with Crippen LogP contribution in [0.1, 0.15) is 44.5 Å². The number of nitrogens with zero attached hydrogens (tertiary/aromatic N) is 7. The van der Waals surface area contributed by atoms with Gasteiger partial charge in [0, 0.05) is 19.1 Å². The summed E-state index contributed by atoms with van der Waals surface area (Å²) in [6.07, 6.45) is 5.38. The van der Waals surface area contributed by atoms with Gasteiger partial charge in [-0.15, -0.1) is 0 Å². The molecule has 0 N–H and O–H groups in total. The Morgan fingerprint density at radius 3 is 2.47 bits per heavy atom. The SMILES string of the molecule is CC.COc1c(-c2ccc3nc(N4CCC(B(C#N)C5CC5)C4)ccc3n2)nn2cc(C)nc(C)c12. The molecule has 2 fully saturated rings. The second-order valence-electron chi connectivity index (χ2n) is 9.53. The van der Waals surface area contributed by atoms with Crippen LogP contribution in [-0.4, -0.2) is 51.5 Å². The third-order valence-corrected chi connectivity index (χ3v) is 7.17. The number of hydrogen-bond acceptors (Lipinski definition) is 7. The van der Waals surface area contributed by atoms with Crippen LogP contribution in [0.4, 0.5) is 5.82 Å². The van der Waals surface area contributed by atoms with E-state index in [0.717, 1.165) is 59.0 Å². The Morgan fingerprint density at radius 1 is 1.00 bits per heavy atom. The fraction of sp³-hybridized carbons (Fsp3) is 0.444. The van der Waals surface area contributed by atoms with Crippen LogP contribution in [0, 0.1) is 25.1 Å². The van der Waals surface area contributed by atoms with Crippen molar-refractivity contribution in [2.45, 2.75) is 58.6 Å². The van der Waals surface area contributed by atoms with Gasteiger partial charge in [0.1, 0.15) is 11.3 Å². The summed E-state index contributed by atoms with van der Waals surface area (Å²) < 4.78 is 7.54. The third-order valence-electron chi connectivity index (χ3n) is 7.17. The molecule has 4 aromatic heterocycles. The van der Waals surface area contributed by atoms with Crippen LogP contribution < -0.4 is 9.64 Å². The molecule has 0 aromatic carbocycles.